The van der Waals surface area contributed by atoms with Gasteiger partial charge in [-0.05, 0) is 38.2 Å². The molecule has 4 heteroatoms. The van der Waals surface area contributed by atoms with Crippen LogP contribution in [0.2, 0.25) is 0 Å². The largest absolute Gasteiger partial charge is 0.311 e. The first kappa shape index (κ1) is 14.9. The van der Waals surface area contributed by atoms with Gasteiger partial charge in [-0.3, -0.25) is 4.90 Å². The predicted molar refractivity (Wildman–Crippen MR) is 80.0 cm³/mol. The van der Waals surface area contributed by atoms with Crippen molar-refractivity contribution in [1.29, 1.82) is 0 Å². The number of benzene rings is 1. The molecule has 1 aromatic rings. The SMILES string of the molecule is CCC1(C)CNC(C2CC2)CN1Cc1cccc(F)c1F. The van der Waals surface area contributed by atoms with E-state index in [1.54, 1.807) is 12.1 Å². The summed E-state index contributed by atoms with van der Waals surface area (Å²) in [5.41, 5.74) is 0.468. The van der Waals surface area contributed by atoms with Crippen molar-refractivity contribution in [3.8, 4) is 0 Å². The number of halogens is 2. The summed E-state index contributed by atoms with van der Waals surface area (Å²) in [5, 5.41) is 3.65. The summed E-state index contributed by atoms with van der Waals surface area (Å²) in [4.78, 5) is 2.34. The molecule has 1 aliphatic heterocycles. The first-order chi connectivity index (χ1) is 10.0. The molecule has 2 atom stereocenters. The molecule has 0 spiro atoms. The maximum Gasteiger partial charge on any atom is 0.163 e. The second-order valence-corrected chi connectivity index (χ2v) is 6.77. The van der Waals surface area contributed by atoms with Crippen molar-refractivity contribution in [3.05, 3.63) is 35.4 Å². The summed E-state index contributed by atoms with van der Waals surface area (Å²) in [6, 6.07) is 4.98. The van der Waals surface area contributed by atoms with Crippen LogP contribution in [0.1, 0.15) is 38.7 Å². The molecule has 2 aliphatic rings. The molecular weight excluding hydrogens is 270 g/mol. The lowest BCUT2D eigenvalue weighted by Crippen LogP contribution is -2.63. The minimum Gasteiger partial charge on any atom is -0.311 e. The van der Waals surface area contributed by atoms with Gasteiger partial charge >= 0.3 is 0 Å². The lowest BCUT2D eigenvalue weighted by Gasteiger charge is -2.48. The molecular formula is C17H24F2N2. The summed E-state index contributed by atoms with van der Waals surface area (Å²) >= 11 is 0. The Kier molecular flexibility index (Phi) is 4.02. The zero-order valence-corrected chi connectivity index (χ0v) is 12.8. The Hall–Kier alpha value is -1.00. The molecule has 0 bridgehead atoms. The summed E-state index contributed by atoms with van der Waals surface area (Å²) < 4.78 is 27.4. The van der Waals surface area contributed by atoms with Crippen molar-refractivity contribution >= 4 is 0 Å². The number of piperazine rings is 1. The first-order valence-electron chi connectivity index (χ1n) is 7.95. The number of hydrogen-bond acceptors (Lipinski definition) is 2. The van der Waals surface area contributed by atoms with E-state index < -0.39 is 11.6 Å². The molecule has 1 saturated carbocycles. The molecule has 2 nitrogen and oxygen atoms in total. The van der Waals surface area contributed by atoms with Crippen LogP contribution in [0.25, 0.3) is 0 Å². The molecule has 0 aromatic heterocycles. The summed E-state index contributed by atoms with van der Waals surface area (Å²) in [6.45, 7) is 6.69. The van der Waals surface area contributed by atoms with Gasteiger partial charge in [-0.1, -0.05) is 19.1 Å². The Bertz CT molecular complexity index is 516. The van der Waals surface area contributed by atoms with Gasteiger partial charge in [-0.2, -0.15) is 0 Å². The van der Waals surface area contributed by atoms with Crippen LogP contribution in [-0.4, -0.2) is 29.6 Å². The highest BCUT2D eigenvalue weighted by Crippen LogP contribution is 2.37. The van der Waals surface area contributed by atoms with Crippen LogP contribution in [0.4, 0.5) is 8.78 Å². The average molecular weight is 294 g/mol. The van der Waals surface area contributed by atoms with Gasteiger partial charge in [0.05, 0.1) is 0 Å². The van der Waals surface area contributed by atoms with E-state index >= 15 is 0 Å². The molecule has 116 valence electrons. The molecule has 1 aliphatic carbocycles. The Labute approximate surface area is 125 Å². The van der Waals surface area contributed by atoms with Crippen LogP contribution >= 0.6 is 0 Å². The Morgan fingerprint density at radius 2 is 2.10 bits per heavy atom. The van der Waals surface area contributed by atoms with Gasteiger partial charge < -0.3 is 5.32 Å². The third-order valence-corrected chi connectivity index (χ3v) is 5.27. The molecule has 2 unspecified atom stereocenters. The zero-order chi connectivity index (χ0) is 15.0. The minimum absolute atomic E-state index is 0.00411. The van der Waals surface area contributed by atoms with Gasteiger partial charge in [0.1, 0.15) is 0 Å². The average Bonchev–Trinajstić information content (AvgIpc) is 3.31. The van der Waals surface area contributed by atoms with E-state index in [0.717, 1.165) is 25.4 Å². The third kappa shape index (κ3) is 2.97. The van der Waals surface area contributed by atoms with Crippen molar-refractivity contribution in [3.63, 3.8) is 0 Å². The fourth-order valence-electron chi connectivity index (χ4n) is 3.28. The lowest BCUT2D eigenvalue weighted by atomic mass is 9.90. The van der Waals surface area contributed by atoms with Crippen LogP contribution in [-0.2, 0) is 6.54 Å². The van der Waals surface area contributed by atoms with E-state index in [1.165, 1.54) is 18.9 Å². The topological polar surface area (TPSA) is 15.3 Å². The van der Waals surface area contributed by atoms with Gasteiger partial charge in [-0.15, -0.1) is 0 Å². The fourth-order valence-corrected chi connectivity index (χ4v) is 3.28. The maximum absolute atomic E-state index is 14.0. The van der Waals surface area contributed by atoms with Crippen LogP contribution in [0, 0.1) is 17.6 Å². The molecule has 3 rings (SSSR count). The maximum atomic E-state index is 14.0. The van der Waals surface area contributed by atoms with Crippen molar-refractivity contribution in [2.75, 3.05) is 13.1 Å². The molecule has 1 heterocycles. The van der Waals surface area contributed by atoms with E-state index in [0.29, 0.717) is 18.2 Å². The lowest BCUT2D eigenvalue weighted by molar-refractivity contribution is 0.0359. The van der Waals surface area contributed by atoms with Crippen molar-refractivity contribution < 1.29 is 8.78 Å². The number of nitrogens with zero attached hydrogens (tertiary/aromatic N) is 1. The molecule has 1 saturated heterocycles. The molecule has 0 radical (unpaired) electrons. The zero-order valence-electron chi connectivity index (χ0n) is 12.8. The summed E-state index contributed by atoms with van der Waals surface area (Å²) in [5.74, 6) is -0.678. The van der Waals surface area contributed by atoms with Crippen molar-refractivity contribution in [1.82, 2.24) is 10.2 Å². The minimum atomic E-state index is -0.750. The third-order valence-electron chi connectivity index (χ3n) is 5.27. The van der Waals surface area contributed by atoms with Gasteiger partial charge in [0.2, 0.25) is 0 Å². The molecule has 1 N–H and O–H groups in total. The number of rotatable bonds is 4. The Balaban J connectivity index is 1.80. The number of nitrogens with one attached hydrogen (secondary N) is 1. The van der Waals surface area contributed by atoms with Gasteiger partial charge in [0.15, 0.2) is 11.6 Å². The van der Waals surface area contributed by atoms with Crippen molar-refractivity contribution in [2.24, 2.45) is 5.92 Å². The predicted octanol–water partition coefficient (Wildman–Crippen LogP) is 3.32. The van der Waals surface area contributed by atoms with Gasteiger partial charge in [0, 0.05) is 36.8 Å². The Morgan fingerprint density at radius 3 is 2.76 bits per heavy atom. The van der Waals surface area contributed by atoms with E-state index in [9.17, 15) is 8.78 Å². The van der Waals surface area contributed by atoms with E-state index in [2.05, 4.69) is 24.1 Å². The first-order valence-corrected chi connectivity index (χ1v) is 7.95. The number of hydrogen-bond donors (Lipinski definition) is 1. The van der Waals surface area contributed by atoms with Crippen LogP contribution in [0.3, 0.4) is 0 Å². The van der Waals surface area contributed by atoms with E-state index in [1.807, 2.05) is 0 Å². The smallest absolute Gasteiger partial charge is 0.163 e. The normalized spacial score (nSPS) is 30.6. The summed E-state index contributed by atoms with van der Waals surface area (Å²) in [6.07, 6.45) is 3.58. The molecule has 0 amide bonds. The second kappa shape index (κ2) is 5.65. The van der Waals surface area contributed by atoms with Gasteiger partial charge in [-0.25, -0.2) is 8.78 Å². The monoisotopic (exact) mass is 294 g/mol. The second-order valence-electron chi connectivity index (χ2n) is 6.77. The van der Waals surface area contributed by atoms with Crippen LogP contribution in [0.15, 0.2) is 18.2 Å². The molecule has 21 heavy (non-hydrogen) atoms. The summed E-state index contributed by atoms with van der Waals surface area (Å²) in [7, 11) is 0. The molecule has 1 aromatic carbocycles. The van der Waals surface area contributed by atoms with E-state index in [4.69, 9.17) is 0 Å². The van der Waals surface area contributed by atoms with Crippen LogP contribution < -0.4 is 5.32 Å². The van der Waals surface area contributed by atoms with Gasteiger partial charge in [0.25, 0.3) is 0 Å². The van der Waals surface area contributed by atoms with Crippen molar-refractivity contribution in [2.45, 2.75) is 51.2 Å². The van der Waals surface area contributed by atoms with E-state index in [-0.39, 0.29) is 5.54 Å². The highest BCUT2D eigenvalue weighted by Gasteiger charge is 2.41. The highest BCUT2D eigenvalue weighted by atomic mass is 19.2. The highest BCUT2D eigenvalue weighted by molar-refractivity contribution is 5.19. The fraction of sp³-hybridized carbons (Fsp3) is 0.647. The standard InChI is InChI=1S/C17H24F2N2/c1-3-17(2)11-20-15(12-7-8-12)10-21(17)9-13-5-4-6-14(18)16(13)19/h4-6,12,15,20H,3,7-11H2,1-2H3. The van der Waals surface area contributed by atoms with Crippen LogP contribution in [0.5, 0.6) is 0 Å². The molecule has 2 fully saturated rings. The quantitative estimate of drug-likeness (QED) is 0.916. The Morgan fingerprint density at radius 1 is 1.33 bits per heavy atom.